The van der Waals surface area contributed by atoms with Crippen molar-refractivity contribution in [3.05, 3.63) is 62.5 Å². The highest BCUT2D eigenvalue weighted by molar-refractivity contribution is 6.30. The van der Waals surface area contributed by atoms with Gasteiger partial charge in [-0.2, -0.15) is 0 Å². The lowest BCUT2D eigenvalue weighted by Gasteiger charge is -2.32. The van der Waals surface area contributed by atoms with E-state index in [0.29, 0.717) is 23.7 Å². The van der Waals surface area contributed by atoms with Gasteiger partial charge in [0.15, 0.2) is 11.5 Å². The van der Waals surface area contributed by atoms with Crippen LogP contribution in [0, 0.1) is 12.8 Å². The number of likely N-dealkylation sites (tertiary alicyclic amines) is 1. The summed E-state index contributed by atoms with van der Waals surface area (Å²) in [6, 6.07) is 6.44. The number of benzene rings is 1. The summed E-state index contributed by atoms with van der Waals surface area (Å²) in [5, 5.41) is 0.591. The maximum atomic E-state index is 12.9. The van der Waals surface area contributed by atoms with E-state index in [1.165, 1.54) is 19.4 Å². The molecule has 1 saturated heterocycles. The molecule has 0 spiro atoms. The SMILES string of the molecule is COc1c[nH]c(C(=O)N2CCCC(C(=O)c3ccc(Cl)cc3C)C2)cc1=O. The molecule has 1 aromatic heterocycles. The van der Waals surface area contributed by atoms with Crippen LogP contribution in [0.4, 0.5) is 0 Å². The van der Waals surface area contributed by atoms with E-state index in [4.69, 9.17) is 16.3 Å². The molecule has 3 rings (SSSR count). The first-order chi connectivity index (χ1) is 12.9. The Morgan fingerprint density at radius 3 is 2.74 bits per heavy atom. The number of amides is 1. The Labute approximate surface area is 162 Å². The molecule has 1 atom stereocenters. The number of methoxy groups -OCH3 is 1. The molecule has 6 nitrogen and oxygen atoms in total. The number of aromatic nitrogens is 1. The summed E-state index contributed by atoms with van der Waals surface area (Å²) in [5.41, 5.74) is 1.30. The first-order valence-corrected chi connectivity index (χ1v) is 9.15. The van der Waals surface area contributed by atoms with Gasteiger partial charge in [-0.3, -0.25) is 14.4 Å². The van der Waals surface area contributed by atoms with Crippen LogP contribution in [0.3, 0.4) is 0 Å². The number of ether oxygens (including phenoxy) is 1. The molecule has 0 saturated carbocycles. The van der Waals surface area contributed by atoms with E-state index in [1.807, 2.05) is 6.92 Å². The van der Waals surface area contributed by atoms with Gasteiger partial charge in [-0.05, 0) is 43.5 Å². The minimum Gasteiger partial charge on any atom is -0.491 e. The summed E-state index contributed by atoms with van der Waals surface area (Å²) >= 11 is 5.97. The molecule has 2 heterocycles. The largest absolute Gasteiger partial charge is 0.491 e. The highest BCUT2D eigenvalue weighted by Crippen LogP contribution is 2.25. The molecule has 1 unspecified atom stereocenters. The third-order valence-corrected chi connectivity index (χ3v) is 5.10. The van der Waals surface area contributed by atoms with Crippen LogP contribution in [0.1, 0.15) is 39.3 Å². The average Bonchev–Trinajstić information content (AvgIpc) is 2.67. The van der Waals surface area contributed by atoms with Crippen molar-refractivity contribution in [2.45, 2.75) is 19.8 Å². The molecule has 142 valence electrons. The molecule has 0 aliphatic carbocycles. The summed E-state index contributed by atoms with van der Waals surface area (Å²) in [4.78, 5) is 42.0. The van der Waals surface area contributed by atoms with Crippen LogP contribution in [0.2, 0.25) is 5.02 Å². The van der Waals surface area contributed by atoms with Gasteiger partial charge < -0.3 is 14.6 Å². The Hall–Kier alpha value is -2.60. The number of carbonyl (C=O) groups excluding carboxylic acids is 2. The quantitative estimate of drug-likeness (QED) is 0.816. The van der Waals surface area contributed by atoms with Gasteiger partial charge in [-0.1, -0.05) is 11.6 Å². The Bertz CT molecular complexity index is 938. The number of Topliss-reactive ketones (excluding diaryl/α,β-unsaturated/α-hetero) is 1. The maximum Gasteiger partial charge on any atom is 0.270 e. The third-order valence-electron chi connectivity index (χ3n) is 4.86. The molecule has 0 bridgehead atoms. The summed E-state index contributed by atoms with van der Waals surface area (Å²) in [6.45, 7) is 2.73. The van der Waals surface area contributed by atoms with Crippen LogP contribution in [0.15, 0.2) is 35.3 Å². The molecule has 1 aromatic carbocycles. The molecule has 1 amide bonds. The number of H-pyrrole nitrogens is 1. The van der Waals surface area contributed by atoms with Crippen molar-refractivity contribution < 1.29 is 14.3 Å². The average molecular weight is 389 g/mol. The van der Waals surface area contributed by atoms with E-state index >= 15 is 0 Å². The highest BCUT2D eigenvalue weighted by atomic mass is 35.5. The number of carbonyl (C=O) groups is 2. The van der Waals surface area contributed by atoms with E-state index in [9.17, 15) is 14.4 Å². The molecule has 1 aliphatic rings. The summed E-state index contributed by atoms with van der Waals surface area (Å²) in [5.74, 6) is -0.394. The first kappa shape index (κ1) is 19.2. The third kappa shape index (κ3) is 4.06. The van der Waals surface area contributed by atoms with Gasteiger partial charge in [0.1, 0.15) is 5.69 Å². The number of hydrogen-bond acceptors (Lipinski definition) is 4. The van der Waals surface area contributed by atoms with Crippen molar-refractivity contribution in [2.24, 2.45) is 5.92 Å². The second-order valence-electron chi connectivity index (χ2n) is 6.69. The number of nitrogens with one attached hydrogen (secondary N) is 1. The highest BCUT2D eigenvalue weighted by Gasteiger charge is 2.30. The molecule has 0 radical (unpaired) electrons. The second-order valence-corrected chi connectivity index (χ2v) is 7.13. The lowest BCUT2D eigenvalue weighted by molar-refractivity contribution is 0.0632. The van der Waals surface area contributed by atoms with Crippen LogP contribution < -0.4 is 10.2 Å². The molecule has 2 aromatic rings. The number of pyridine rings is 1. The summed E-state index contributed by atoms with van der Waals surface area (Å²) in [7, 11) is 1.39. The number of rotatable bonds is 4. The molecule has 7 heteroatoms. The van der Waals surface area contributed by atoms with Crippen LogP contribution in [-0.4, -0.2) is 41.8 Å². The number of nitrogens with zero attached hydrogens (tertiary/aromatic N) is 1. The summed E-state index contributed by atoms with van der Waals surface area (Å²) < 4.78 is 4.92. The molecule has 27 heavy (non-hydrogen) atoms. The zero-order valence-electron chi connectivity index (χ0n) is 15.3. The fourth-order valence-electron chi connectivity index (χ4n) is 3.41. The van der Waals surface area contributed by atoms with Crippen LogP contribution in [0.25, 0.3) is 0 Å². The Morgan fingerprint density at radius 1 is 1.30 bits per heavy atom. The van der Waals surface area contributed by atoms with Crippen molar-refractivity contribution in [3.63, 3.8) is 0 Å². The second kappa shape index (κ2) is 7.96. The standard InChI is InChI=1S/C20H21ClN2O4/c1-12-8-14(21)5-6-15(12)19(25)13-4-3-7-23(11-13)20(26)16-9-17(24)18(27-2)10-22-16/h5-6,8-10,13H,3-4,7,11H2,1-2H3,(H,22,24). The molecular formula is C20H21ClN2O4. The molecule has 1 N–H and O–H groups in total. The minimum absolute atomic E-state index is 0.0184. The van der Waals surface area contributed by atoms with Gasteiger partial charge in [0.2, 0.25) is 5.43 Å². The monoisotopic (exact) mass is 388 g/mol. The topological polar surface area (TPSA) is 79.5 Å². The predicted molar refractivity (Wildman–Crippen MR) is 103 cm³/mol. The molecular weight excluding hydrogens is 368 g/mol. The van der Waals surface area contributed by atoms with Crippen molar-refractivity contribution in [1.82, 2.24) is 9.88 Å². The fourth-order valence-corrected chi connectivity index (χ4v) is 3.64. The number of hydrogen-bond donors (Lipinski definition) is 1. The van der Waals surface area contributed by atoms with Gasteiger partial charge in [0, 0.05) is 41.9 Å². The van der Waals surface area contributed by atoms with Gasteiger partial charge in [0.25, 0.3) is 5.91 Å². The van der Waals surface area contributed by atoms with Crippen molar-refractivity contribution in [2.75, 3.05) is 20.2 Å². The smallest absolute Gasteiger partial charge is 0.270 e. The number of ketones is 1. The van der Waals surface area contributed by atoms with E-state index in [0.717, 1.165) is 18.4 Å². The number of aromatic amines is 1. The Morgan fingerprint density at radius 2 is 2.07 bits per heavy atom. The lowest BCUT2D eigenvalue weighted by atomic mass is 9.88. The lowest BCUT2D eigenvalue weighted by Crippen LogP contribution is -2.43. The van der Waals surface area contributed by atoms with Crippen molar-refractivity contribution in [3.8, 4) is 5.75 Å². The number of piperidine rings is 1. The van der Waals surface area contributed by atoms with Gasteiger partial charge in [0.05, 0.1) is 7.11 Å². The van der Waals surface area contributed by atoms with Crippen LogP contribution in [0.5, 0.6) is 5.75 Å². The fraction of sp³-hybridized carbons (Fsp3) is 0.350. The number of aryl methyl sites for hydroxylation is 1. The van der Waals surface area contributed by atoms with Gasteiger partial charge in [-0.15, -0.1) is 0 Å². The van der Waals surface area contributed by atoms with E-state index in [1.54, 1.807) is 23.1 Å². The minimum atomic E-state index is -0.360. The normalized spacial score (nSPS) is 16.9. The van der Waals surface area contributed by atoms with Gasteiger partial charge in [-0.25, -0.2) is 0 Å². The van der Waals surface area contributed by atoms with Crippen LogP contribution >= 0.6 is 11.6 Å². The first-order valence-electron chi connectivity index (χ1n) is 8.77. The Balaban J connectivity index is 1.77. The summed E-state index contributed by atoms with van der Waals surface area (Å²) in [6.07, 6.45) is 2.83. The number of halogens is 1. The van der Waals surface area contributed by atoms with Gasteiger partial charge >= 0.3 is 0 Å². The van der Waals surface area contributed by atoms with E-state index < -0.39 is 0 Å². The van der Waals surface area contributed by atoms with Crippen molar-refractivity contribution >= 4 is 23.3 Å². The van der Waals surface area contributed by atoms with E-state index in [-0.39, 0.29) is 34.5 Å². The zero-order chi connectivity index (χ0) is 19.6. The predicted octanol–water partition coefficient (Wildman–Crippen LogP) is 3.08. The Kier molecular flexibility index (Phi) is 5.65. The van der Waals surface area contributed by atoms with Crippen LogP contribution in [-0.2, 0) is 0 Å². The molecule has 1 aliphatic heterocycles. The molecule has 1 fully saturated rings. The zero-order valence-corrected chi connectivity index (χ0v) is 16.0. The van der Waals surface area contributed by atoms with Crippen molar-refractivity contribution in [1.29, 1.82) is 0 Å². The van der Waals surface area contributed by atoms with E-state index in [2.05, 4.69) is 4.98 Å². The maximum absolute atomic E-state index is 12.9.